The zero-order chi connectivity index (χ0) is 24.2. The van der Waals surface area contributed by atoms with Crippen LogP contribution >= 0.6 is 0 Å². The van der Waals surface area contributed by atoms with Crippen LogP contribution in [0.25, 0.3) is 10.9 Å². The smallest absolute Gasteiger partial charge is 0.254 e. The average molecular weight is 468 g/mol. The highest BCUT2D eigenvalue weighted by Gasteiger charge is 2.24. The van der Waals surface area contributed by atoms with E-state index in [0.29, 0.717) is 43.5 Å². The van der Waals surface area contributed by atoms with Crippen molar-refractivity contribution in [3.63, 3.8) is 0 Å². The second-order valence-corrected chi connectivity index (χ2v) is 9.03. The molecule has 1 unspecified atom stereocenters. The molecule has 4 aromatic rings. The van der Waals surface area contributed by atoms with Crippen molar-refractivity contribution in [2.45, 2.75) is 20.3 Å². The SMILES string of the molecule is Cc1cc(Nc2cccc(C(=O)N3CCOCC(Cc4cccc5ncccc45)C3)c2)nc(C)n1. The first-order chi connectivity index (χ1) is 17.0. The summed E-state index contributed by atoms with van der Waals surface area (Å²) < 4.78 is 5.90. The largest absolute Gasteiger partial charge is 0.379 e. The Morgan fingerprint density at radius 1 is 1.09 bits per heavy atom. The van der Waals surface area contributed by atoms with E-state index in [1.807, 2.05) is 73.5 Å². The maximum absolute atomic E-state index is 13.5. The van der Waals surface area contributed by atoms with Crippen molar-refractivity contribution in [3.8, 4) is 0 Å². The summed E-state index contributed by atoms with van der Waals surface area (Å²) in [5.41, 5.74) is 4.59. The van der Waals surface area contributed by atoms with Crippen molar-refractivity contribution in [2.75, 3.05) is 31.6 Å². The minimum Gasteiger partial charge on any atom is -0.379 e. The minimum atomic E-state index is 0.0128. The summed E-state index contributed by atoms with van der Waals surface area (Å²) in [5, 5.41) is 4.46. The van der Waals surface area contributed by atoms with Gasteiger partial charge < -0.3 is 15.0 Å². The van der Waals surface area contributed by atoms with E-state index in [0.717, 1.165) is 28.7 Å². The third-order valence-corrected chi connectivity index (χ3v) is 6.22. The molecule has 1 saturated heterocycles. The fraction of sp³-hybridized carbons (Fsp3) is 0.286. The standard InChI is InChI=1S/C28H29N5O2/c1-19-14-27(31-20(2)30-19)32-24-8-3-7-23(16-24)28(34)33-12-13-35-18-21(17-33)15-22-6-4-10-26-25(22)9-5-11-29-26/h3-11,14,16,21H,12-13,15,17-18H2,1-2H3,(H,30,31,32). The number of hydrogen-bond acceptors (Lipinski definition) is 6. The minimum absolute atomic E-state index is 0.0128. The maximum Gasteiger partial charge on any atom is 0.254 e. The molecule has 1 N–H and O–H groups in total. The fourth-order valence-corrected chi connectivity index (χ4v) is 4.69. The van der Waals surface area contributed by atoms with Crippen LogP contribution in [0.1, 0.15) is 27.4 Å². The van der Waals surface area contributed by atoms with Crippen molar-refractivity contribution in [2.24, 2.45) is 5.92 Å². The molecule has 0 saturated carbocycles. The zero-order valence-electron chi connectivity index (χ0n) is 20.1. The summed E-state index contributed by atoms with van der Waals surface area (Å²) >= 11 is 0. The van der Waals surface area contributed by atoms with E-state index in [1.54, 1.807) is 0 Å². The van der Waals surface area contributed by atoms with Crippen LogP contribution in [0.4, 0.5) is 11.5 Å². The number of rotatable bonds is 5. The van der Waals surface area contributed by atoms with E-state index in [-0.39, 0.29) is 11.8 Å². The number of nitrogens with one attached hydrogen (secondary N) is 1. The number of aromatic nitrogens is 3. The van der Waals surface area contributed by atoms with Crippen LogP contribution in [0.2, 0.25) is 0 Å². The molecule has 2 aromatic carbocycles. The van der Waals surface area contributed by atoms with Crippen LogP contribution in [-0.2, 0) is 11.2 Å². The lowest BCUT2D eigenvalue weighted by molar-refractivity contribution is 0.0737. The predicted octanol–water partition coefficient (Wildman–Crippen LogP) is 4.72. The van der Waals surface area contributed by atoms with Crippen LogP contribution in [0.3, 0.4) is 0 Å². The zero-order valence-corrected chi connectivity index (χ0v) is 20.1. The number of ether oxygens (including phenoxy) is 1. The number of pyridine rings is 1. The van der Waals surface area contributed by atoms with Gasteiger partial charge in [0.1, 0.15) is 11.6 Å². The molecule has 3 heterocycles. The van der Waals surface area contributed by atoms with Gasteiger partial charge in [-0.3, -0.25) is 9.78 Å². The highest BCUT2D eigenvalue weighted by atomic mass is 16.5. The second kappa shape index (κ2) is 10.2. The molecular weight excluding hydrogens is 438 g/mol. The third-order valence-electron chi connectivity index (χ3n) is 6.22. The number of nitrogens with zero attached hydrogens (tertiary/aromatic N) is 4. The summed E-state index contributed by atoms with van der Waals surface area (Å²) in [6, 6.07) is 19.8. The highest BCUT2D eigenvalue weighted by molar-refractivity contribution is 5.95. The Kier molecular flexibility index (Phi) is 6.68. The molecule has 0 aliphatic carbocycles. The Morgan fingerprint density at radius 2 is 1.97 bits per heavy atom. The van der Waals surface area contributed by atoms with Gasteiger partial charge >= 0.3 is 0 Å². The normalized spacial score (nSPS) is 16.2. The Hall–Kier alpha value is -3.84. The molecule has 0 bridgehead atoms. The molecule has 1 aliphatic rings. The highest BCUT2D eigenvalue weighted by Crippen LogP contribution is 2.23. The Bertz CT molecular complexity index is 1330. The number of benzene rings is 2. The number of fused-ring (bicyclic) bond motifs is 1. The molecule has 0 spiro atoms. The Balaban J connectivity index is 1.32. The number of anilines is 2. The van der Waals surface area contributed by atoms with Crippen LogP contribution < -0.4 is 5.32 Å². The van der Waals surface area contributed by atoms with Gasteiger partial charge in [-0.15, -0.1) is 0 Å². The topological polar surface area (TPSA) is 80.2 Å². The van der Waals surface area contributed by atoms with Crippen molar-refractivity contribution >= 4 is 28.3 Å². The second-order valence-electron chi connectivity index (χ2n) is 9.03. The van der Waals surface area contributed by atoms with Gasteiger partial charge in [0.15, 0.2) is 0 Å². The van der Waals surface area contributed by atoms with Gasteiger partial charge in [0.05, 0.1) is 18.7 Å². The Labute approximate surface area is 205 Å². The summed E-state index contributed by atoms with van der Waals surface area (Å²) in [6.07, 6.45) is 2.65. The van der Waals surface area contributed by atoms with E-state index >= 15 is 0 Å². The molecule has 1 amide bonds. The number of hydrogen-bond donors (Lipinski definition) is 1. The van der Waals surface area contributed by atoms with Crippen molar-refractivity contribution in [3.05, 3.63) is 89.5 Å². The Morgan fingerprint density at radius 3 is 2.86 bits per heavy atom. The fourth-order valence-electron chi connectivity index (χ4n) is 4.69. The molecule has 5 rings (SSSR count). The molecule has 178 valence electrons. The lowest BCUT2D eigenvalue weighted by Crippen LogP contribution is -2.36. The van der Waals surface area contributed by atoms with Crippen LogP contribution in [0.15, 0.2) is 66.9 Å². The molecular formula is C28H29N5O2. The van der Waals surface area contributed by atoms with Crippen LogP contribution in [-0.4, -0.2) is 52.1 Å². The van der Waals surface area contributed by atoms with E-state index in [9.17, 15) is 4.79 Å². The maximum atomic E-state index is 13.5. The average Bonchev–Trinajstić information content (AvgIpc) is 3.09. The van der Waals surface area contributed by atoms with Crippen LogP contribution in [0.5, 0.6) is 0 Å². The van der Waals surface area contributed by atoms with Crippen molar-refractivity contribution in [1.82, 2.24) is 19.9 Å². The molecule has 35 heavy (non-hydrogen) atoms. The molecule has 1 fully saturated rings. The van der Waals surface area contributed by atoms with Crippen molar-refractivity contribution < 1.29 is 9.53 Å². The summed E-state index contributed by atoms with van der Waals surface area (Å²) in [6.45, 7) is 6.20. The first kappa shape index (κ1) is 22.9. The van der Waals surface area contributed by atoms with Gasteiger partial charge in [0.2, 0.25) is 0 Å². The molecule has 1 atom stereocenters. The van der Waals surface area contributed by atoms with E-state index in [2.05, 4.69) is 32.4 Å². The number of carbonyl (C=O) groups is 1. The van der Waals surface area contributed by atoms with Crippen LogP contribution in [0, 0.1) is 19.8 Å². The number of amides is 1. The van der Waals surface area contributed by atoms with Gasteiger partial charge in [-0.25, -0.2) is 9.97 Å². The summed E-state index contributed by atoms with van der Waals surface area (Å²) in [5.74, 6) is 1.64. The first-order valence-electron chi connectivity index (χ1n) is 11.9. The molecule has 0 radical (unpaired) electrons. The van der Waals surface area contributed by atoms with Gasteiger partial charge in [-0.05, 0) is 56.2 Å². The molecule has 7 heteroatoms. The van der Waals surface area contributed by atoms with Crippen molar-refractivity contribution in [1.29, 1.82) is 0 Å². The summed E-state index contributed by atoms with van der Waals surface area (Å²) in [7, 11) is 0. The lowest BCUT2D eigenvalue weighted by atomic mass is 9.96. The van der Waals surface area contributed by atoms with E-state index in [4.69, 9.17) is 4.74 Å². The predicted molar refractivity (Wildman–Crippen MR) is 137 cm³/mol. The van der Waals surface area contributed by atoms with Gasteiger partial charge in [-0.2, -0.15) is 0 Å². The summed E-state index contributed by atoms with van der Waals surface area (Å²) in [4.78, 5) is 28.6. The number of aryl methyl sites for hydroxylation is 2. The monoisotopic (exact) mass is 467 g/mol. The third kappa shape index (κ3) is 5.46. The van der Waals surface area contributed by atoms with Gasteiger partial charge in [0, 0.05) is 53.6 Å². The molecule has 2 aromatic heterocycles. The quantitative estimate of drug-likeness (QED) is 0.458. The lowest BCUT2D eigenvalue weighted by Gasteiger charge is -2.24. The first-order valence-corrected chi connectivity index (χ1v) is 11.9. The van der Waals surface area contributed by atoms with Gasteiger partial charge in [-0.1, -0.05) is 24.3 Å². The van der Waals surface area contributed by atoms with Gasteiger partial charge in [0.25, 0.3) is 5.91 Å². The number of carbonyl (C=O) groups excluding carboxylic acids is 1. The molecule has 1 aliphatic heterocycles. The van der Waals surface area contributed by atoms with E-state index in [1.165, 1.54) is 5.56 Å². The molecule has 7 nitrogen and oxygen atoms in total. The van der Waals surface area contributed by atoms with E-state index < -0.39 is 0 Å².